The lowest BCUT2D eigenvalue weighted by molar-refractivity contribution is -0.0234. The van der Waals surface area contributed by atoms with Gasteiger partial charge in [-0.05, 0) is 49.7 Å². The molecule has 0 spiro atoms. The molecule has 1 aliphatic rings. The molecule has 0 radical (unpaired) electrons. The van der Waals surface area contributed by atoms with Gasteiger partial charge in [0, 0.05) is 41.6 Å². The van der Waals surface area contributed by atoms with Gasteiger partial charge in [0.25, 0.3) is 0 Å². The van der Waals surface area contributed by atoms with Crippen molar-refractivity contribution in [1.82, 2.24) is 20.1 Å². The highest BCUT2D eigenvalue weighted by atomic mass is 35.5. The third-order valence-corrected chi connectivity index (χ3v) is 5.38. The zero-order valence-corrected chi connectivity index (χ0v) is 15.4. The molecule has 3 heterocycles. The highest BCUT2D eigenvalue weighted by Gasteiger charge is 2.38. The van der Waals surface area contributed by atoms with Gasteiger partial charge in [0.2, 0.25) is 0 Å². The van der Waals surface area contributed by atoms with E-state index in [1.807, 2.05) is 36.4 Å². The number of piperidine rings is 1. The Kier molecular flexibility index (Phi) is 4.53. The van der Waals surface area contributed by atoms with E-state index in [1.165, 1.54) is 0 Å². The quantitative estimate of drug-likeness (QED) is 0.739. The molecule has 1 aliphatic heterocycles. The van der Waals surface area contributed by atoms with Crippen LogP contribution in [0.2, 0.25) is 5.02 Å². The van der Waals surface area contributed by atoms with E-state index in [0.717, 1.165) is 41.2 Å². The van der Waals surface area contributed by atoms with Gasteiger partial charge in [0.05, 0.1) is 5.69 Å². The lowest BCUT2D eigenvalue weighted by atomic mass is 9.84. The number of likely N-dealkylation sites (tertiary alicyclic amines) is 1. The van der Waals surface area contributed by atoms with Gasteiger partial charge in [0.15, 0.2) is 0 Å². The highest BCUT2D eigenvalue weighted by Crippen LogP contribution is 2.41. The van der Waals surface area contributed by atoms with Crippen LogP contribution >= 0.6 is 11.6 Å². The molecule has 134 valence electrons. The highest BCUT2D eigenvalue weighted by molar-refractivity contribution is 6.30. The maximum absolute atomic E-state index is 11.4. The predicted octanol–water partition coefficient (Wildman–Crippen LogP) is 3.71. The van der Waals surface area contributed by atoms with Crippen molar-refractivity contribution in [2.45, 2.75) is 18.4 Å². The molecule has 0 unspecified atom stereocenters. The molecule has 0 atom stereocenters. The molecule has 0 saturated carbocycles. The number of halogens is 1. The molecule has 2 N–H and O–H groups in total. The maximum atomic E-state index is 11.4. The van der Waals surface area contributed by atoms with E-state index in [4.69, 9.17) is 11.6 Å². The summed E-state index contributed by atoms with van der Waals surface area (Å²) >= 11 is 6.04. The van der Waals surface area contributed by atoms with Crippen LogP contribution in [0.1, 0.15) is 18.5 Å². The summed E-state index contributed by atoms with van der Waals surface area (Å²) < 4.78 is 0. The Balaban J connectivity index is 1.86. The number of aromatic amines is 1. The fraction of sp³-hybridized carbons (Fsp3) is 0.300. The summed E-state index contributed by atoms with van der Waals surface area (Å²) in [7, 11) is 2.08. The summed E-state index contributed by atoms with van der Waals surface area (Å²) in [6, 6.07) is 11.5. The van der Waals surface area contributed by atoms with E-state index in [-0.39, 0.29) is 0 Å². The molecule has 6 heteroatoms. The largest absolute Gasteiger partial charge is 0.383 e. The lowest BCUT2D eigenvalue weighted by Crippen LogP contribution is -2.41. The second-order valence-electron chi connectivity index (χ2n) is 6.90. The average Bonchev–Trinajstić information content (AvgIpc) is 3.12. The minimum absolute atomic E-state index is 0.670. The van der Waals surface area contributed by atoms with Gasteiger partial charge in [0.1, 0.15) is 11.3 Å². The molecule has 3 aromatic rings. The second-order valence-corrected chi connectivity index (χ2v) is 7.34. The molecule has 0 aliphatic carbocycles. The normalized spacial score (nSPS) is 17.3. The number of pyridine rings is 1. The Morgan fingerprint density at radius 3 is 2.35 bits per heavy atom. The van der Waals surface area contributed by atoms with Crippen molar-refractivity contribution in [1.29, 1.82) is 0 Å². The van der Waals surface area contributed by atoms with Crippen molar-refractivity contribution in [2.75, 3.05) is 20.1 Å². The Morgan fingerprint density at radius 2 is 1.69 bits per heavy atom. The molecule has 1 aromatic carbocycles. The Labute approximate surface area is 157 Å². The minimum Gasteiger partial charge on any atom is -0.383 e. The monoisotopic (exact) mass is 368 g/mol. The van der Waals surface area contributed by atoms with Crippen molar-refractivity contribution in [2.24, 2.45) is 0 Å². The van der Waals surface area contributed by atoms with Gasteiger partial charge in [-0.1, -0.05) is 23.7 Å². The molecule has 0 bridgehead atoms. The van der Waals surface area contributed by atoms with E-state index in [2.05, 4.69) is 27.1 Å². The van der Waals surface area contributed by atoms with E-state index < -0.39 is 5.60 Å². The van der Waals surface area contributed by atoms with Crippen LogP contribution in [0, 0.1) is 0 Å². The molecule has 1 saturated heterocycles. The molecule has 4 rings (SSSR count). The van der Waals surface area contributed by atoms with Crippen LogP contribution in [0.25, 0.3) is 22.4 Å². The number of aromatic nitrogens is 3. The van der Waals surface area contributed by atoms with Gasteiger partial charge in [-0.15, -0.1) is 0 Å². The van der Waals surface area contributed by atoms with Gasteiger partial charge < -0.3 is 10.0 Å². The Morgan fingerprint density at radius 1 is 1.04 bits per heavy atom. The molecule has 0 amide bonds. The van der Waals surface area contributed by atoms with Crippen LogP contribution in [-0.4, -0.2) is 45.3 Å². The SMILES string of the molecule is CN1CCC(O)(c2[nH]nc(-c3ccc(Cl)cc3)c2-c2ccncc2)CC1. The van der Waals surface area contributed by atoms with Gasteiger partial charge in [-0.25, -0.2) is 0 Å². The second kappa shape index (κ2) is 6.83. The molecule has 1 fully saturated rings. The molecule has 2 aromatic heterocycles. The van der Waals surface area contributed by atoms with Gasteiger partial charge in [-0.2, -0.15) is 5.10 Å². The van der Waals surface area contributed by atoms with E-state index >= 15 is 0 Å². The number of nitrogens with zero attached hydrogens (tertiary/aromatic N) is 3. The zero-order chi connectivity index (χ0) is 18.1. The van der Waals surface area contributed by atoms with Crippen LogP contribution < -0.4 is 0 Å². The topological polar surface area (TPSA) is 65.0 Å². The van der Waals surface area contributed by atoms with Crippen LogP contribution in [-0.2, 0) is 5.60 Å². The maximum Gasteiger partial charge on any atom is 0.109 e. The van der Waals surface area contributed by atoms with Crippen molar-refractivity contribution in [3.8, 4) is 22.4 Å². The predicted molar refractivity (Wildman–Crippen MR) is 103 cm³/mol. The number of H-pyrrole nitrogens is 1. The van der Waals surface area contributed by atoms with Gasteiger partial charge in [-0.3, -0.25) is 10.1 Å². The van der Waals surface area contributed by atoms with E-state index in [1.54, 1.807) is 12.4 Å². The lowest BCUT2D eigenvalue weighted by Gasteiger charge is -2.36. The fourth-order valence-corrected chi connectivity index (χ4v) is 3.66. The Bertz CT molecular complexity index is 884. The summed E-state index contributed by atoms with van der Waals surface area (Å²) in [5, 5.41) is 19.8. The molecular weight excluding hydrogens is 348 g/mol. The third kappa shape index (κ3) is 3.14. The van der Waals surface area contributed by atoms with Crippen molar-refractivity contribution in [3.05, 3.63) is 59.5 Å². The summed E-state index contributed by atoms with van der Waals surface area (Å²) in [6.45, 7) is 1.70. The van der Waals surface area contributed by atoms with Crippen LogP contribution in [0.5, 0.6) is 0 Å². The number of rotatable bonds is 3. The van der Waals surface area contributed by atoms with E-state index in [0.29, 0.717) is 17.9 Å². The first-order chi connectivity index (χ1) is 12.6. The van der Waals surface area contributed by atoms with Crippen molar-refractivity contribution < 1.29 is 5.11 Å². The zero-order valence-electron chi connectivity index (χ0n) is 14.6. The molecule has 26 heavy (non-hydrogen) atoms. The van der Waals surface area contributed by atoms with Crippen LogP contribution in [0.4, 0.5) is 0 Å². The molecule has 5 nitrogen and oxygen atoms in total. The summed E-state index contributed by atoms with van der Waals surface area (Å²) in [5.74, 6) is 0. The van der Waals surface area contributed by atoms with Crippen LogP contribution in [0.15, 0.2) is 48.8 Å². The third-order valence-electron chi connectivity index (χ3n) is 5.13. The van der Waals surface area contributed by atoms with E-state index in [9.17, 15) is 5.11 Å². The summed E-state index contributed by atoms with van der Waals surface area (Å²) in [5.41, 5.74) is 3.56. The smallest absolute Gasteiger partial charge is 0.109 e. The van der Waals surface area contributed by atoms with Crippen molar-refractivity contribution >= 4 is 11.6 Å². The first-order valence-electron chi connectivity index (χ1n) is 8.73. The number of hydrogen-bond donors (Lipinski definition) is 2. The summed E-state index contributed by atoms with van der Waals surface area (Å²) in [4.78, 5) is 6.35. The number of benzene rings is 1. The standard InChI is InChI=1S/C20H21ClN4O/c1-25-12-8-20(26,9-13-25)19-17(14-6-10-22-11-7-14)18(23-24-19)15-2-4-16(21)5-3-15/h2-7,10-11,26H,8-9,12-13H2,1H3,(H,23,24). The Hall–Kier alpha value is -2.21. The fourth-order valence-electron chi connectivity index (χ4n) is 3.53. The average molecular weight is 369 g/mol. The summed E-state index contributed by atoms with van der Waals surface area (Å²) in [6.07, 6.45) is 4.86. The number of nitrogens with one attached hydrogen (secondary N) is 1. The number of aliphatic hydroxyl groups is 1. The molecular formula is C20H21ClN4O. The minimum atomic E-state index is -0.914. The first kappa shape index (κ1) is 17.2. The van der Waals surface area contributed by atoms with Crippen molar-refractivity contribution in [3.63, 3.8) is 0 Å². The first-order valence-corrected chi connectivity index (χ1v) is 9.11. The van der Waals surface area contributed by atoms with Crippen LogP contribution in [0.3, 0.4) is 0 Å². The number of hydrogen-bond acceptors (Lipinski definition) is 4. The van der Waals surface area contributed by atoms with Gasteiger partial charge >= 0.3 is 0 Å².